The number of pyridine rings is 1. The maximum absolute atomic E-state index is 12.7. The number of carbonyl (C=O) groups is 1. The average Bonchev–Trinajstić information content (AvgIpc) is 2.14. The first-order valence-electron chi connectivity index (χ1n) is 4.51. The monoisotopic (exact) mass is 293 g/mol. The van der Waals surface area contributed by atoms with E-state index in [2.05, 4.69) is 20.9 Å². The van der Waals surface area contributed by atoms with E-state index in [1.165, 1.54) is 13.0 Å². The van der Waals surface area contributed by atoms with Crippen LogP contribution in [0.2, 0.25) is 0 Å². The van der Waals surface area contributed by atoms with Gasteiger partial charge < -0.3 is 5.11 Å². The molecule has 0 spiro atoms. The van der Waals surface area contributed by atoms with Crippen LogP contribution in [-0.4, -0.2) is 16.1 Å². The van der Waals surface area contributed by atoms with Gasteiger partial charge in [-0.2, -0.15) is 0 Å². The minimum absolute atomic E-state index is 0.119. The Balaban J connectivity index is 3.20. The molecule has 0 amide bonds. The lowest BCUT2D eigenvalue weighted by Gasteiger charge is -2.11. The molecule has 0 saturated heterocycles. The molecule has 0 aliphatic heterocycles. The van der Waals surface area contributed by atoms with Crippen molar-refractivity contribution in [2.75, 3.05) is 0 Å². The van der Waals surface area contributed by atoms with E-state index in [0.29, 0.717) is 11.3 Å². The highest BCUT2D eigenvalue weighted by atomic mass is 79.9. The summed E-state index contributed by atoms with van der Waals surface area (Å²) in [6.07, 6.45) is -2.86. The van der Waals surface area contributed by atoms with E-state index < -0.39 is 12.4 Å². The molecule has 0 saturated carbocycles. The van der Waals surface area contributed by atoms with E-state index in [0.717, 1.165) is 0 Å². The van der Waals surface area contributed by atoms with Crippen molar-refractivity contribution in [3.8, 4) is 0 Å². The Morgan fingerprint density at radius 2 is 2.25 bits per heavy atom. The molecule has 0 aliphatic rings. The first-order valence-corrected chi connectivity index (χ1v) is 5.63. The van der Waals surface area contributed by atoms with Crippen LogP contribution in [0.25, 0.3) is 0 Å². The molecule has 0 aromatic carbocycles. The fraction of sp³-hybridized carbons (Fsp3) is 0.400. The summed E-state index contributed by atoms with van der Waals surface area (Å²) < 4.78 is 25.4. The van der Waals surface area contributed by atoms with Crippen LogP contribution in [0.4, 0.5) is 8.78 Å². The van der Waals surface area contributed by atoms with Gasteiger partial charge in [-0.3, -0.25) is 9.78 Å². The Labute approximate surface area is 99.6 Å². The minimum atomic E-state index is -2.60. The van der Waals surface area contributed by atoms with Gasteiger partial charge in [0.15, 0.2) is 0 Å². The number of aromatic nitrogens is 1. The Kier molecular flexibility index (Phi) is 4.35. The molecule has 88 valence electrons. The quantitative estimate of drug-likeness (QED) is 0.869. The molecule has 0 radical (unpaired) electrons. The van der Waals surface area contributed by atoms with Crippen LogP contribution in [0, 0.1) is 6.92 Å². The summed E-state index contributed by atoms with van der Waals surface area (Å²) in [7, 11) is 0. The third-order valence-corrected chi connectivity index (χ3v) is 2.69. The van der Waals surface area contributed by atoms with Crippen LogP contribution < -0.4 is 0 Å². The summed E-state index contributed by atoms with van der Waals surface area (Å²) in [6, 6.07) is 1.40. The second-order valence-electron chi connectivity index (χ2n) is 3.28. The lowest BCUT2D eigenvalue weighted by Crippen LogP contribution is -2.07. The van der Waals surface area contributed by atoms with E-state index in [9.17, 15) is 13.6 Å². The number of carboxylic acid groups (broad SMARTS) is 1. The summed E-state index contributed by atoms with van der Waals surface area (Å²) in [6.45, 7) is 1.46. The molecule has 0 atom stereocenters. The maximum atomic E-state index is 12.7. The summed E-state index contributed by atoms with van der Waals surface area (Å²) in [5, 5.41) is 8.85. The van der Waals surface area contributed by atoms with Gasteiger partial charge in [0.1, 0.15) is 0 Å². The zero-order chi connectivity index (χ0) is 12.3. The third kappa shape index (κ3) is 2.98. The molecule has 1 aromatic rings. The number of alkyl halides is 3. The Morgan fingerprint density at radius 1 is 1.62 bits per heavy atom. The molecule has 6 heteroatoms. The number of aryl methyl sites for hydroxylation is 1. The Bertz CT molecular complexity index is 410. The number of halogens is 3. The second kappa shape index (κ2) is 5.34. The fourth-order valence-corrected chi connectivity index (χ4v) is 1.94. The van der Waals surface area contributed by atoms with Crippen molar-refractivity contribution in [1.82, 2.24) is 4.98 Å². The lowest BCUT2D eigenvalue weighted by molar-refractivity contribution is -0.136. The summed E-state index contributed by atoms with van der Waals surface area (Å²) in [4.78, 5) is 14.4. The number of nitrogens with zero attached hydrogens (tertiary/aromatic N) is 1. The first kappa shape index (κ1) is 13.0. The summed E-state index contributed by atoms with van der Waals surface area (Å²) in [5.74, 6) is -1.03. The molecule has 1 aromatic heterocycles. The largest absolute Gasteiger partial charge is 0.481 e. The number of hydrogen-bond acceptors (Lipinski definition) is 2. The highest BCUT2D eigenvalue weighted by molar-refractivity contribution is 9.08. The second-order valence-corrected chi connectivity index (χ2v) is 3.84. The van der Waals surface area contributed by atoms with Gasteiger partial charge in [0.2, 0.25) is 0 Å². The van der Waals surface area contributed by atoms with Crippen LogP contribution in [-0.2, 0) is 16.5 Å². The topological polar surface area (TPSA) is 50.2 Å². The van der Waals surface area contributed by atoms with Crippen molar-refractivity contribution in [2.45, 2.75) is 25.1 Å². The normalized spacial score (nSPS) is 10.8. The number of rotatable bonds is 4. The SMILES string of the molecule is Cc1nc(CC(=O)O)cc(CBr)c1C(F)F. The standard InChI is InChI=1S/C10H10BrF2NO2/c1-5-9(10(12)13)6(4-11)2-7(14-5)3-8(15)16/h2,10H,3-4H2,1H3,(H,15,16). The molecular weight excluding hydrogens is 284 g/mol. The van der Waals surface area contributed by atoms with Crippen LogP contribution in [0.5, 0.6) is 0 Å². The molecule has 0 aliphatic carbocycles. The van der Waals surface area contributed by atoms with Crippen LogP contribution in [0.15, 0.2) is 6.07 Å². The number of carboxylic acids is 1. The first-order chi connectivity index (χ1) is 7.45. The van der Waals surface area contributed by atoms with Gasteiger partial charge >= 0.3 is 5.97 Å². The van der Waals surface area contributed by atoms with Gasteiger partial charge in [-0.05, 0) is 18.6 Å². The maximum Gasteiger partial charge on any atom is 0.309 e. The van der Waals surface area contributed by atoms with E-state index >= 15 is 0 Å². The molecule has 1 N–H and O–H groups in total. The molecule has 1 rings (SSSR count). The third-order valence-electron chi connectivity index (χ3n) is 2.08. The van der Waals surface area contributed by atoms with Crippen molar-refractivity contribution in [3.63, 3.8) is 0 Å². The molecular formula is C10H10BrF2NO2. The van der Waals surface area contributed by atoms with Crippen molar-refractivity contribution < 1.29 is 18.7 Å². The predicted molar refractivity (Wildman–Crippen MR) is 57.9 cm³/mol. The van der Waals surface area contributed by atoms with Gasteiger partial charge in [-0.25, -0.2) is 8.78 Å². The smallest absolute Gasteiger partial charge is 0.309 e. The minimum Gasteiger partial charge on any atom is -0.481 e. The Hall–Kier alpha value is -1.04. The van der Waals surface area contributed by atoms with Gasteiger partial charge in [0.25, 0.3) is 6.43 Å². The zero-order valence-corrected chi connectivity index (χ0v) is 10.1. The molecule has 3 nitrogen and oxygen atoms in total. The van der Waals surface area contributed by atoms with E-state index in [-0.39, 0.29) is 23.0 Å². The van der Waals surface area contributed by atoms with E-state index in [4.69, 9.17) is 5.11 Å². The van der Waals surface area contributed by atoms with E-state index in [1.807, 2.05) is 0 Å². The number of aliphatic carboxylic acids is 1. The van der Waals surface area contributed by atoms with Crippen LogP contribution in [0.3, 0.4) is 0 Å². The highest BCUT2D eigenvalue weighted by Crippen LogP contribution is 2.27. The van der Waals surface area contributed by atoms with Crippen LogP contribution >= 0.6 is 15.9 Å². The summed E-state index contributed by atoms with van der Waals surface area (Å²) >= 11 is 3.10. The number of hydrogen-bond donors (Lipinski definition) is 1. The molecule has 1 heterocycles. The van der Waals surface area contributed by atoms with Gasteiger partial charge in [-0.1, -0.05) is 15.9 Å². The van der Waals surface area contributed by atoms with Crippen molar-refractivity contribution in [2.24, 2.45) is 0 Å². The molecule has 0 unspecified atom stereocenters. The Morgan fingerprint density at radius 3 is 2.69 bits per heavy atom. The summed E-state index contributed by atoms with van der Waals surface area (Å²) in [5.41, 5.74) is 0.747. The molecule has 0 fully saturated rings. The lowest BCUT2D eigenvalue weighted by atomic mass is 10.1. The average molecular weight is 294 g/mol. The predicted octanol–water partition coefficient (Wildman–Crippen LogP) is 2.85. The molecule has 0 bridgehead atoms. The zero-order valence-electron chi connectivity index (χ0n) is 8.51. The van der Waals surface area contributed by atoms with Gasteiger partial charge in [-0.15, -0.1) is 0 Å². The highest BCUT2D eigenvalue weighted by Gasteiger charge is 2.18. The van der Waals surface area contributed by atoms with Crippen molar-refractivity contribution in [3.05, 3.63) is 28.6 Å². The fourth-order valence-electron chi connectivity index (χ4n) is 1.47. The van der Waals surface area contributed by atoms with Crippen molar-refractivity contribution in [1.29, 1.82) is 0 Å². The van der Waals surface area contributed by atoms with Gasteiger partial charge in [0, 0.05) is 16.6 Å². The van der Waals surface area contributed by atoms with Crippen LogP contribution in [0.1, 0.15) is 28.9 Å². The van der Waals surface area contributed by atoms with Gasteiger partial charge in [0.05, 0.1) is 12.1 Å². The molecule has 16 heavy (non-hydrogen) atoms. The van der Waals surface area contributed by atoms with E-state index in [1.54, 1.807) is 0 Å². The van der Waals surface area contributed by atoms with Crippen molar-refractivity contribution >= 4 is 21.9 Å².